The predicted octanol–water partition coefficient (Wildman–Crippen LogP) is 21.7. The lowest BCUT2D eigenvalue weighted by molar-refractivity contribution is -0.161. The van der Waals surface area contributed by atoms with E-state index in [2.05, 4.69) is 123 Å². The van der Waals surface area contributed by atoms with Crippen molar-refractivity contribution in [3.05, 3.63) is 109 Å². The first-order valence-corrected chi connectivity index (χ1v) is 34.9. The molecule has 0 aromatic rings. The maximum atomic E-state index is 12.8. The Bertz CT molecular complexity index is 1690. The second-order valence-electron chi connectivity index (χ2n) is 22.0. The first kappa shape index (κ1) is 77.7. The van der Waals surface area contributed by atoms with E-state index in [0.29, 0.717) is 6.42 Å². The molecular weight excluding hydrogens is 1030 g/mol. The molecule has 9 nitrogen and oxygen atoms in total. The average Bonchev–Trinajstić information content (AvgIpc) is 3.46. The van der Waals surface area contributed by atoms with Crippen LogP contribution in [-0.2, 0) is 32.7 Å². The van der Waals surface area contributed by atoms with E-state index >= 15 is 0 Å². The summed E-state index contributed by atoms with van der Waals surface area (Å²) in [5.41, 5.74) is 5.40. The van der Waals surface area contributed by atoms with E-state index in [4.69, 9.17) is 24.3 Å². The van der Waals surface area contributed by atoms with Crippen LogP contribution in [0, 0.1) is 0 Å². The van der Waals surface area contributed by atoms with Crippen molar-refractivity contribution in [2.45, 2.75) is 302 Å². The molecule has 0 spiro atoms. The Morgan fingerprint density at radius 1 is 0.383 bits per heavy atom. The van der Waals surface area contributed by atoms with Crippen molar-refractivity contribution in [3.63, 3.8) is 0 Å². The molecule has 2 unspecified atom stereocenters. The normalized spacial score (nSPS) is 13.7. The molecule has 0 saturated heterocycles. The summed E-state index contributed by atoms with van der Waals surface area (Å²) in [5.74, 6) is -0.827. The molecule has 0 amide bonds. The minimum Gasteiger partial charge on any atom is -0.462 e. The minimum absolute atomic E-state index is 0.0492. The van der Waals surface area contributed by atoms with Crippen LogP contribution in [0.3, 0.4) is 0 Å². The van der Waals surface area contributed by atoms with Gasteiger partial charge in [-0.25, -0.2) is 4.57 Å². The quantitative estimate of drug-likeness (QED) is 0.0264. The number of phosphoric acid groups is 1. The van der Waals surface area contributed by atoms with Crippen molar-refractivity contribution >= 4 is 19.8 Å². The topological polar surface area (TPSA) is 134 Å². The Labute approximate surface area is 499 Å². The highest BCUT2D eigenvalue weighted by atomic mass is 31.2. The van der Waals surface area contributed by atoms with E-state index in [1.165, 1.54) is 167 Å². The van der Waals surface area contributed by atoms with Gasteiger partial charge in [0.2, 0.25) is 0 Å². The maximum absolute atomic E-state index is 12.8. The van der Waals surface area contributed by atoms with E-state index in [-0.39, 0.29) is 38.6 Å². The summed E-state index contributed by atoms with van der Waals surface area (Å²) in [7, 11) is -4.40. The molecule has 0 aliphatic carbocycles. The van der Waals surface area contributed by atoms with Crippen LogP contribution in [0.4, 0.5) is 0 Å². The lowest BCUT2D eigenvalue weighted by Gasteiger charge is -2.19. The monoisotopic (exact) mass is 1150 g/mol. The van der Waals surface area contributed by atoms with E-state index in [1.54, 1.807) is 0 Å². The zero-order chi connectivity index (χ0) is 58.7. The highest BCUT2D eigenvalue weighted by Crippen LogP contribution is 2.43. The van der Waals surface area contributed by atoms with Gasteiger partial charge in [-0.2, -0.15) is 0 Å². The van der Waals surface area contributed by atoms with Crippen LogP contribution in [0.1, 0.15) is 296 Å². The maximum Gasteiger partial charge on any atom is 0.472 e. The number of esters is 2. The van der Waals surface area contributed by atoms with Gasteiger partial charge in [0.15, 0.2) is 6.10 Å². The zero-order valence-electron chi connectivity index (χ0n) is 52.2. The third-order valence-corrected chi connectivity index (χ3v) is 15.1. The van der Waals surface area contributed by atoms with Gasteiger partial charge in [-0.05, 0) is 103 Å². The number of carbonyl (C=O) groups is 2. The van der Waals surface area contributed by atoms with Gasteiger partial charge in [0, 0.05) is 19.4 Å². The third kappa shape index (κ3) is 65.7. The van der Waals surface area contributed by atoms with Crippen molar-refractivity contribution in [1.82, 2.24) is 0 Å². The molecule has 466 valence electrons. The van der Waals surface area contributed by atoms with Gasteiger partial charge in [-0.1, -0.05) is 290 Å². The molecule has 0 rings (SSSR count). The van der Waals surface area contributed by atoms with Crippen molar-refractivity contribution < 1.29 is 37.6 Å². The van der Waals surface area contributed by atoms with Gasteiger partial charge >= 0.3 is 19.8 Å². The first-order chi connectivity index (χ1) is 39.8. The molecule has 0 radical (unpaired) electrons. The largest absolute Gasteiger partial charge is 0.472 e. The number of allylic oxidation sites excluding steroid dienone is 18. The van der Waals surface area contributed by atoms with Crippen LogP contribution in [0.2, 0.25) is 0 Å². The lowest BCUT2D eigenvalue weighted by atomic mass is 10.0. The van der Waals surface area contributed by atoms with Gasteiger partial charge in [0.25, 0.3) is 0 Å². The van der Waals surface area contributed by atoms with Gasteiger partial charge in [-0.15, -0.1) is 0 Å². The van der Waals surface area contributed by atoms with Crippen molar-refractivity contribution in [1.29, 1.82) is 0 Å². The molecule has 0 fully saturated rings. The Kier molecular flexibility index (Phi) is 63.1. The average molecular weight is 1150 g/mol. The SMILES string of the molecule is CC/C=C\C/C=C\C/C=C\C/C=C\C/C=C\C/C=C\C/C=C\CCCCCCCCCCCCCC(=O)OC(COC(=O)CCCCCCCCCCCCCCCCC/C=C\C/C=C\CCCCCCC)COP(=O)(O)OCCN. The number of rotatable bonds is 62. The Morgan fingerprint density at radius 2 is 0.679 bits per heavy atom. The van der Waals surface area contributed by atoms with Crippen LogP contribution < -0.4 is 5.73 Å². The Balaban J connectivity index is 3.93. The van der Waals surface area contributed by atoms with E-state index in [1.807, 2.05) is 0 Å². The lowest BCUT2D eigenvalue weighted by Crippen LogP contribution is -2.29. The highest BCUT2D eigenvalue weighted by Gasteiger charge is 2.26. The number of ether oxygens (including phenoxy) is 2. The number of unbranched alkanes of at least 4 members (excludes halogenated alkanes) is 31. The number of hydrogen-bond acceptors (Lipinski definition) is 8. The molecule has 0 aliphatic rings. The molecule has 0 aliphatic heterocycles. The summed E-state index contributed by atoms with van der Waals surface area (Å²) < 4.78 is 33.2. The molecule has 10 heteroatoms. The summed E-state index contributed by atoms with van der Waals surface area (Å²) in [6.07, 6.45) is 90.2. The fourth-order valence-electron chi connectivity index (χ4n) is 9.24. The Hall–Kier alpha value is -3.33. The second-order valence-corrected chi connectivity index (χ2v) is 23.4. The third-order valence-electron chi connectivity index (χ3n) is 14.1. The smallest absolute Gasteiger partial charge is 0.462 e. The molecule has 0 aromatic heterocycles. The van der Waals surface area contributed by atoms with Crippen molar-refractivity contribution in [2.75, 3.05) is 26.4 Å². The Morgan fingerprint density at radius 3 is 1.01 bits per heavy atom. The summed E-state index contributed by atoms with van der Waals surface area (Å²) >= 11 is 0. The van der Waals surface area contributed by atoms with Crippen LogP contribution in [0.5, 0.6) is 0 Å². The number of nitrogens with two attached hydrogens (primary N) is 1. The number of carbonyl (C=O) groups excluding carboxylic acids is 2. The van der Waals surface area contributed by atoms with Crippen LogP contribution in [0.15, 0.2) is 109 Å². The molecule has 3 N–H and O–H groups in total. The van der Waals surface area contributed by atoms with Crippen LogP contribution in [0.25, 0.3) is 0 Å². The minimum atomic E-state index is -4.40. The number of phosphoric ester groups is 1. The van der Waals surface area contributed by atoms with Gasteiger partial charge < -0.3 is 20.1 Å². The van der Waals surface area contributed by atoms with E-state index in [0.717, 1.165) is 96.3 Å². The van der Waals surface area contributed by atoms with Crippen LogP contribution >= 0.6 is 7.82 Å². The van der Waals surface area contributed by atoms with Crippen LogP contribution in [-0.4, -0.2) is 49.3 Å². The van der Waals surface area contributed by atoms with E-state index < -0.39 is 26.5 Å². The molecule has 0 saturated carbocycles. The summed E-state index contributed by atoms with van der Waals surface area (Å²) in [5, 5.41) is 0. The first-order valence-electron chi connectivity index (χ1n) is 33.4. The highest BCUT2D eigenvalue weighted by molar-refractivity contribution is 7.47. The van der Waals surface area contributed by atoms with Gasteiger partial charge in [-0.3, -0.25) is 18.6 Å². The molecule has 0 aromatic carbocycles. The fourth-order valence-corrected chi connectivity index (χ4v) is 10.0. The predicted molar refractivity (Wildman–Crippen MR) is 348 cm³/mol. The van der Waals surface area contributed by atoms with Crippen molar-refractivity contribution in [2.24, 2.45) is 5.73 Å². The van der Waals surface area contributed by atoms with E-state index in [9.17, 15) is 19.0 Å². The molecule has 81 heavy (non-hydrogen) atoms. The summed E-state index contributed by atoms with van der Waals surface area (Å²) in [6, 6.07) is 0. The fraction of sp³-hybridized carbons (Fsp3) is 0.718. The molecule has 2 atom stereocenters. The number of hydrogen-bond donors (Lipinski definition) is 2. The van der Waals surface area contributed by atoms with Gasteiger partial charge in [0.1, 0.15) is 6.61 Å². The molecule has 0 bridgehead atoms. The molecule has 0 heterocycles. The second kappa shape index (κ2) is 65.8. The van der Waals surface area contributed by atoms with Crippen molar-refractivity contribution in [3.8, 4) is 0 Å². The molecular formula is C71H124NO8P. The summed E-state index contributed by atoms with van der Waals surface area (Å²) in [6.45, 7) is 3.64. The zero-order valence-corrected chi connectivity index (χ0v) is 53.1. The van der Waals surface area contributed by atoms with Gasteiger partial charge in [0.05, 0.1) is 13.2 Å². The standard InChI is InChI=1S/C71H124NO8P/c1-3-5-7-9-11-13-15-17-19-21-23-25-27-29-31-32-33-34-35-36-38-40-42-44-46-48-50-52-54-56-58-60-62-64-71(74)80-69(68-79-81(75,76)78-66-65-72)67-77-70(73)63-61-59-57-55-53-51-49-47-45-43-41-39-37-30-28-26-24-22-20-18-16-14-12-10-8-6-4-2/h5,7,11,13,16-19,22-25,29,31,33-34,36,38,69H,3-4,6,8-10,12,14-15,20-21,26-28,30,32,35,37,39-68,72H2,1-2H3,(H,75,76)/b7-5-,13-11-,18-16-,19-17-,24-22-,25-23-,31-29-,34-33-,38-36-. The summed E-state index contributed by atoms with van der Waals surface area (Å²) in [4.78, 5) is 35.3.